The van der Waals surface area contributed by atoms with Crippen molar-refractivity contribution < 1.29 is 4.79 Å². The van der Waals surface area contributed by atoms with E-state index in [0.717, 1.165) is 35.5 Å². The molecule has 0 atom stereocenters. The van der Waals surface area contributed by atoms with Gasteiger partial charge in [0.25, 0.3) is 5.91 Å². The fourth-order valence-corrected chi connectivity index (χ4v) is 3.21. The molecule has 2 aromatic rings. The van der Waals surface area contributed by atoms with Crippen LogP contribution in [-0.2, 0) is 0 Å². The Labute approximate surface area is 142 Å². The number of aromatic nitrogens is 2. The molecule has 1 aromatic heterocycles. The third-order valence-electron chi connectivity index (χ3n) is 4.58. The molecule has 0 aliphatic heterocycles. The molecule has 3 rings (SSSR count). The molecule has 1 heterocycles. The number of nitrogens with zero attached hydrogens (tertiary/aromatic N) is 2. The highest BCUT2D eigenvalue weighted by Crippen LogP contribution is 2.22. The number of rotatable bonds is 4. The number of benzene rings is 1. The van der Waals surface area contributed by atoms with Crippen molar-refractivity contribution in [3.8, 4) is 0 Å². The fraction of sp³-hybridized carbons (Fsp3) is 0.421. The Balaban J connectivity index is 1.72. The van der Waals surface area contributed by atoms with Crippen LogP contribution in [0.4, 0.5) is 11.5 Å². The van der Waals surface area contributed by atoms with Crippen LogP contribution < -0.4 is 10.6 Å². The molecule has 126 valence electrons. The Morgan fingerprint density at radius 2 is 1.79 bits per heavy atom. The summed E-state index contributed by atoms with van der Waals surface area (Å²) in [6.45, 7) is 3.97. The maximum atomic E-state index is 12.5. The van der Waals surface area contributed by atoms with Gasteiger partial charge in [0.2, 0.25) is 0 Å². The molecule has 0 radical (unpaired) electrons. The standard InChI is InChI=1S/C19H24N4O/c1-13-7-6-8-14(2)18(13)23-19(24)16-11-17(21-12-20-16)22-15-9-4-3-5-10-15/h6-8,11-12,15H,3-5,9-10H2,1-2H3,(H,23,24)(H,20,21,22). The van der Waals surface area contributed by atoms with Gasteiger partial charge in [-0.2, -0.15) is 0 Å². The van der Waals surface area contributed by atoms with Crippen molar-refractivity contribution in [3.63, 3.8) is 0 Å². The summed E-state index contributed by atoms with van der Waals surface area (Å²) in [5.41, 5.74) is 3.31. The molecule has 5 nitrogen and oxygen atoms in total. The average molecular weight is 324 g/mol. The lowest BCUT2D eigenvalue weighted by Gasteiger charge is -2.23. The number of carbonyl (C=O) groups is 1. The monoisotopic (exact) mass is 324 g/mol. The van der Waals surface area contributed by atoms with Crippen LogP contribution in [0.5, 0.6) is 0 Å². The molecule has 1 aliphatic rings. The lowest BCUT2D eigenvalue weighted by Crippen LogP contribution is -2.23. The third kappa shape index (κ3) is 3.91. The molecule has 1 saturated carbocycles. The van der Waals surface area contributed by atoms with E-state index in [-0.39, 0.29) is 5.91 Å². The first kappa shape index (κ1) is 16.4. The fourth-order valence-electron chi connectivity index (χ4n) is 3.21. The summed E-state index contributed by atoms with van der Waals surface area (Å²) in [6.07, 6.45) is 7.59. The Morgan fingerprint density at radius 3 is 2.50 bits per heavy atom. The van der Waals surface area contributed by atoms with Crippen LogP contribution in [0.15, 0.2) is 30.6 Å². The first-order valence-electron chi connectivity index (χ1n) is 8.59. The van der Waals surface area contributed by atoms with Gasteiger partial charge in [0, 0.05) is 17.8 Å². The maximum Gasteiger partial charge on any atom is 0.274 e. The second-order valence-electron chi connectivity index (χ2n) is 6.49. The quantitative estimate of drug-likeness (QED) is 0.889. The summed E-state index contributed by atoms with van der Waals surface area (Å²) in [4.78, 5) is 20.9. The van der Waals surface area contributed by atoms with Crippen LogP contribution in [0.1, 0.15) is 53.7 Å². The van der Waals surface area contributed by atoms with E-state index < -0.39 is 0 Å². The van der Waals surface area contributed by atoms with Crippen molar-refractivity contribution in [2.75, 3.05) is 10.6 Å². The van der Waals surface area contributed by atoms with Gasteiger partial charge in [0.1, 0.15) is 17.8 Å². The molecule has 0 unspecified atom stereocenters. The molecule has 24 heavy (non-hydrogen) atoms. The molecule has 0 bridgehead atoms. The Bertz CT molecular complexity index is 703. The number of anilines is 2. The van der Waals surface area contributed by atoms with Crippen LogP contribution in [0.2, 0.25) is 0 Å². The van der Waals surface area contributed by atoms with E-state index in [4.69, 9.17) is 0 Å². The van der Waals surface area contributed by atoms with Gasteiger partial charge in [-0.15, -0.1) is 0 Å². The molecule has 2 N–H and O–H groups in total. The minimum Gasteiger partial charge on any atom is -0.367 e. The summed E-state index contributed by atoms with van der Waals surface area (Å²) < 4.78 is 0. The molecular weight excluding hydrogens is 300 g/mol. The molecule has 1 fully saturated rings. The van der Waals surface area contributed by atoms with Crippen LogP contribution in [0.3, 0.4) is 0 Å². The van der Waals surface area contributed by atoms with Gasteiger partial charge in [-0.3, -0.25) is 4.79 Å². The van der Waals surface area contributed by atoms with Crippen LogP contribution in [0.25, 0.3) is 0 Å². The first-order chi connectivity index (χ1) is 11.6. The van der Waals surface area contributed by atoms with Crippen molar-refractivity contribution in [3.05, 3.63) is 47.4 Å². The van der Waals surface area contributed by atoms with Crippen LogP contribution >= 0.6 is 0 Å². The van der Waals surface area contributed by atoms with E-state index in [9.17, 15) is 4.79 Å². The largest absolute Gasteiger partial charge is 0.367 e. The SMILES string of the molecule is Cc1cccc(C)c1NC(=O)c1cc(NC2CCCCC2)ncn1. The minimum atomic E-state index is -0.207. The lowest BCUT2D eigenvalue weighted by molar-refractivity contribution is 0.102. The van der Waals surface area contributed by atoms with Gasteiger partial charge in [0.05, 0.1) is 0 Å². The summed E-state index contributed by atoms with van der Waals surface area (Å²) >= 11 is 0. The Hall–Kier alpha value is -2.43. The van der Waals surface area contributed by atoms with Crippen LogP contribution in [-0.4, -0.2) is 21.9 Å². The lowest BCUT2D eigenvalue weighted by atomic mass is 9.95. The second kappa shape index (κ2) is 7.43. The van der Waals surface area contributed by atoms with E-state index in [2.05, 4.69) is 20.6 Å². The Morgan fingerprint density at radius 1 is 1.08 bits per heavy atom. The molecule has 1 aromatic carbocycles. The number of amides is 1. The maximum absolute atomic E-state index is 12.5. The van der Waals surface area contributed by atoms with Crippen molar-refractivity contribution in [2.24, 2.45) is 0 Å². The van der Waals surface area contributed by atoms with Gasteiger partial charge in [-0.05, 0) is 37.8 Å². The highest BCUT2D eigenvalue weighted by Gasteiger charge is 2.16. The zero-order valence-electron chi connectivity index (χ0n) is 14.3. The molecular formula is C19H24N4O. The molecule has 5 heteroatoms. The predicted octanol–water partition coefficient (Wildman–Crippen LogP) is 4.09. The number of hydrogen-bond donors (Lipinski definition) is 2. The van der Waals surface area contributed by atoms with E-state index >= 15 is 0 Å². The summed E-state index contributed by atoms with van der Waals surface area (Å²) in [7, 11) is 0. The predicted molar refractivity (Wildman–Crippen MR) is 96.4 cm³/mol. The second-order valence-corrected chi connectivity index (χ2v) is 6.49. The van der Waals surface area contributed by atoms with Gasteiger partial charge in [0.15, 0.2) is 0 Å². The minimum absolute atomic E-state index is 0.207. The highest BCUT2D eigenvalue weighted by molar-refractivity contribution is 6.04. The number of hydrogen-bond acceptors (Lipinski definition) is 4. The molecule has 0 spiro atoms. The number of carbonyl (C=O) groups excluding carboxylic acids is 1. The molecule has 1 aliphatic carbocycles. The molecule has 1 amide bonds. The van der Waals surface area contributed by atoms with Gasteiger partial charge < -0.3 is 10.6 Å². The van der Waals surface area contributed by atoms with Crippen molar-refractivity contribution in [1.29, 1.82) is 0 Å². The normalized spacial score (nSPS) is 15.1. The van der Waals surface area contributed by atoms with Gasteiger partial charge in [-0.1, -0.05) is 37.5 Å². The van der Waals surface area contributed by atoms with Crippen molar-refractivity contribution in [2.45, 2.75) is 52.0 Å². The summed E-state index contributed by atoms with van der Waals surface area (Å²) in [5.74, 6) is 0.519. The van der Waals surface area contributed by atoms with E-state index in [1.54, 1.807) is 6.07 Å². The zero-order valence-corrected chi connectivity index (χ0v) is 14.3. The summed E-state index contributed by atoms with van der Waals surface area (Å²) in [6, 6.07) is 8.13. The zero-order chi connectivity index (χ0) is 16.9. The number of nitrogens with one attached hydrogen (secondary N) is 2. The van der Waals surface area contributed by atoms with Gasteiger partial charge in [-0.25, -0.2) is 9.97 Å². The van der Waals surface area contributed by atoms with Crippen molar-refractivity contribution >= 4 is 17.4 Å². The summed E-state index contributed by atoms with van der Waals surface area (Å²) in [5, 5.41) is 6.40. The number of para-hydroxylation sites is 1. The first-order valence-corrected chi connectivity index (χ1v) is 8.59. The van der Waals surface area contributed by atoms with Crippen molar-refractivity contribution in [1.82, 2.24) is 9.97 Å². The number of aryl methyl sites for hydroxylation is 2. The Kier molecular flexibility index (Phi) is 5.08. The third-order valence-corrected chi connectivity index (χ3v) is 4.58. The highest BCUT2D eigenvalue weighted by atomic mass is 16.1. The average Bonchev–Trinajstić information content (AvgIpc) is 2.59. The molecule has 0 saturated heterocycles. The van der Waals surface area contributed by atoms with Crippen LogP contribution in [0, 0.1) is 13.8 Å². The van der Waals surface area contributed by atoms with E-state index in [1.165, 1.54) is 25.6 Å². The van der Waals surface area contributed by atoms with Gasteiger partial charge >= 0.3 is 0 Å². The van der Waals surface area contributed by atoms with E-state index in [0.29, 0.717) is 11.7 Å². The van der Waals surface area contributed by atoms with E-state index in [1.807, 2.05) is 32.0 Å². The smallest absolute Gasteiger partial charge is 0.274 e. The topological polar surface area (TPSA) is 66.9 Å².